The van der Waals surface area contributed by atoms with E-state index in [0.717, 1.165) is 31.2 Å². The van der Waals surface area contributed by atoms with Gasteiger partial charge in [0.2, 0.25) is 0 Å². The molecule has 0 radical (unpaired) electrons. The third kappa shape index (κ3) is 7.06. The monoisotopic (exact) mass is 558 g/mol. The molecule has 4 rings (SSSR count). The number of benzene rings is 2. The fraction of sp³-hybridized carbons (Fsp3) is 0.364. The minimum absolute atomic E-state index is 0.0141. The van der Waals surface area contributed by atoms with E-state index in [0.29, 0.717) is 48.2 Å². The van der Waals surface area contributed by atoms with Crippen LogP contribution in [0.1, 0.15) is 69.2 Å². The van der Waals surface area contributed by atoms with Gasteiger partial charge in [-0.1, -0.05) is 38.8 Å². The molecule has 8 heteroatoms. The minimum atomic E-state index is -0.848. The maximum Gasteiger partial charge on any atom is 0.295 e. The van der Waals surface area contributed by atoms with Gasteiger partial charge in [-0.2, -0.15) is 0 Å². The summed E-state index contributed by atoms with van der Waals surface area (Å²) in [6.45, 7) is 7.73. The van der Waals surface area contributed by atoms with Crippen LogP contribution >= 0.6 is 0 Å². The number of Topliss-reactive ketones (excluding diaryl/α,β-unsaturated/α-hetero) is 1. The predicted octanol–water partition coefficient (Wildman–Crippen LogP) is 6.46. The number of likely N-dealkylation sites (tertiary alicyclic amines) is 1. The van der Waals surface area contributed by atoms with Crippen molar-refractivity contribution in [2.75, 3.05) is 19.8 Å². The highest BCUT2D eigenvalue weighted by molar-refractivity contribution is 6.46. The first kappa shape index (κ1) is 29.6. The number of nitrogens with zero attached hydrogens (tertiary/aromatic N) is 2. The lowest BCUT2D eigenvalue weighted by Gasteiger charge is -2.26. The predicted molar refractivity (Wildman–Crippen MR) is 157 cm³/mol. The molecule has 1 fully saturated rings. The minimum Gasteiger partial charge on any atom is -0.507 e. The first-order chi connectivity index (χ1) is 20.0. The highest BCUT2D eigenvalue weighted by Crippen LogP contribution is 2.43. The van der Waals surface area contributed by atoms with E-state index in [2.05, 4.69) is 11.9 Å². The Morgan fingerprint density at radius 3 is 2.39 bits per heavy atom. The van der Waals surface area contributed by atoms with Gasteiger partial charge in [0.25, 0.3) is 11.7 Å². The molecule has 1 aliphatic rings. The van der Waals surface area contributed by atoms with E-state index in [9.17, 15) is 14.7 Å². The molecule has 1 atom stereocenters. The van der Waals surface area contributed by atoms with Crippen molar-refractivity contribution in [3.05, 3.63) is 89.3 Å². The first-order valence-corrected chi connectivity index (χ1v) is 14.3. The summed E-state index contributed by atoms with van der Waals surface area (Å²) >= 11 is 0. The first-order valence-electron chi connectivity index (χ1n) is 14.3. The SMILES string of the molecule is CCCCCOc1ccc(C2C(=C(O)c3ccc(OCCC)cc3)C(=O)C(=O)N2Cc2cccnc2)cc1OCC. The Morgan fingerprint density at radius 1 is 0.902 bits per heavy atom. The van der Waals surface area contributed by atoms with E-state index in [1.54, 1.807) is 54.9 Å². The van der Waals surface area contributed by atoms with Gasteiger partial charge in [-0.15, -0.1) is 0 Å². The van der Waals surface area contributed by atoms with Crippen LogP contribution in [-0.2, 0) is 16.1 Å². The van der Waals surface area contributed by atoms with Crippen molar-refractivity contribution < 1.29 is 28.9 Å². The number of amides is 1. The number of hydrogen-bond acceptors (Lipinski definition) is 7. The van der Waals surface area contributed by atoms with Crippen LogP contribution in [-0.4, -0.2) is 46.5 Å². The lowest BCUT2D eigenvalue weighted by Crippen LogP contribution is -2.29. The lowest BCUT2D eigenvalue weighted by atomic mass is 9.94. The van der Waals surface area contributed by atoms with Gasteiger partial charge in [-0.05, 0) is 73.4 Å². The zero-order valence-corrected chi connectivity index (χ0v) is 24.0. The molecule has 3 aromatic rings. The number of rotatable bonds is 14. The maximum absolute atomic E-state index is 13.5. The van der Waals surface area contributed by atoms with Crippen molar-refractivity contribution >= 4 is 17.4 Å². The summed E-state index contributed by atoms with van der Waals surface area (Å²) in [6, 6.07) is 15.0. The van der Waals surface area contributed by atoms with Gasteiger partial charge in [-0.3, -0.25) is 14.6 Å². The van der Waals surface area contributed by atoms with Crippen LogP contribution in [0, 0.1) is 0 Å². The summed E-state index contributed by atoms with van der Waals surface area (Å²) in [6.07, 6.45) is 7.26. The average Bonchev–Trinajstić information content (AvgIpc) is 3.24. The molecule has 0 spiro atoms. The van der Waals surface area contributed by atoms with Gasteiger partial charge in [0.15, 0.2) is 11.5 Å². The molecule has 1 N–H and O–H groups in total. The van der Waals surface area contributed by atoms with Crippen molar-refractivity contribution in [1.82, 2.24) is 9.88 Å². The number of aliphatic hydroxyl groups is 1. The summed E-state index contributed by atoms with van der Waals surface area (Å²) in [7, 11) is 0. The average molecular weight is 559 g/mol. The summed E-state index contributed by atoms with van der Waals surface area (Å²) in [5.41, 5.74) is 1.82. The second kappa shape index (κ2) is 14.3. The molecule has 1 unspecified atom stereocenters. The third-order valence-electron chi connectivity index (χ3n) is 6.81. The number of unbranched alkanes of at least 4 members (excludes halogenated alkanes) is 2. The van der Waals surface area contributed by atoms with Gasteiger partial charge in [0.05, 0.1) is 31.4 Å². The molecular formula is C33H38N2O6. The van der Waals surface area contributed by atoms with E-state index >= 15 is 0 Å². The number of ketones is 1. The number of pyridine rings is 1. The van der Waals surface area contributed by atoms with Crippen LogP contribution in [0.5, 0.6) is 17.2 Å². The van der Waals surface area contributed by atoms with Gasteiger partial charge in [-0.25, -0.2) is 0 Å². The quantitative estimate of drug-likeness (QED) is 0.105. The Kier molecular flexibility index (Phi) is 10.4. The van der Waals surface area contributed by atoms with Crippen LogP contribution in [0.3, 0.4) is 0 Å². The van der Waals surface area contributed by atoms with Crippen molar-refractivity contribution in [3.8, 4) is 17.2 Å². The molecule has 41 heavy (non-hydrogen) atoms. The summed E-state index contributed by atoms with van der Waals surface area (Å²) in [5, 5.41) is 11.5. The summed E-state index contributed by atoms with van der Waals surface area (Å²) in [5.74, 6) is 0.0842. The Labute approximate surface area is 241 Å². The lowest BCUT2D eigenvalue weighted by molar-refractivity contribution is -0.140. The van der Waals surface area contributed by atoms with Crippen molar-refractivity contribution in [2.45, 2.75) is 59.0 Å². The standard InChI is InChI=1S/C33H38N2O6/c1-4-7-8-19-41-27-16-13-25(20-28(27)39-6-3)30-29(31(36)24-11-14-26(15-12-24)40-18-5-2)32(37)33(38)35(30)22-23-10-9-17-34-21-23/h9-17,20-21,30,36H,4-8,18-19,22H2,1-3H3. The Morgan fingerprint density at radius 2 is 1.71 bits per heavy atom. The van der Waals surface area contributed by atoms with Crippen molar-refractivity contribution in [3.63, 3.8) is 0 Å². The van der Waals surface area contributed by atoms with Crippen LogP contribution < -0.4 is 14.2 Å². The maximum atomic E-state index is 13.5. The van der Waals surface area contributed by atoms with Crippen LogP contribution in [0.25, 0.3) is 5.76 Å². The molecule has 1 amide bonds. The van der Waals surface area contributed by atoms with Crippen LogP contribution in [0.4, 0.5) is 0 Å². The number of aromatic nitrogens is 1. The molecule has 8 nitrogen and oxygen atoms in total. The molecule has 1 aliphatic heterocycles. The molecule has 1 saturated heterocycles. The van der Waals surface area contributed by atoms with Gasteiger partial charge in [0.1, 0.15) is 11.5 Å². The summed E-state index contributed by atoms with van der Waals surface area (Å²) < 4.78 is 17.6. The highest BCUT2D eigenvalue weighted by atomic mass is 16.5. The molecule has 0 bridgehead atoms. The zero-order valence-electron chi connectivity index (χ0n) is 24.0. The number of carbonyl (C=O) groups is 2. The molecule has 216 valence electrons. The van der Waals surface area contributed by atoms with Crippen molar-refractivity contribution in [2.24, 2.45) is 0 Å². The van der Waals surface area contributed by atoms with Crippen LogP contribution in [0.15, 0.2) is 72.6 Å². The molecule has 0 aliphatic carbocycles. The molecule has 2 heterocycles. The fourth-order valence-corrected chi connectivity index (χ4v) is 4.78. The summed E-state index contributed by atoms with van der Waals surface area (Å²) in [4.78, 5) is 32.5. The van der Waals surface area contributed by atoms with Gasteiger partial charge in [0, 0.05) is 24.5 Å². The number of carbonyl (C=O) groups excluding carboxylic acids is 2. The third-order valence-corrected chi connectivity index (χ3v) is 6.81. The second-order valence-electron chi connectivity index (χ2n) is 9.86. The number of aliphatic hydroxyl groups excluding tert-OH is 1. The molecule has 1 aromatic heterocycles. The topological polar surface area (TPSA) is 98.2 Å². The molecular weight excluding hydrogens is 520 g/mol. The molecule has 2 aromatic carbocycles. The van der Waals surface area contributed by atoms with Crippen LogP contribution in [0.2, 0.25) is 0 Å². The fourth-order valence-electron chi connectivity index (χ4n) is 4.78. The Bertz CT molecular complexity index is 1350. The number of hydrogen-bond donors (Lipinski definition) is 1. The highest BCUT2D eigenvalue weighted by Gasteiger charge is 2.46. The smallest absolute Gasteiger partial charge is 0.295 e. The van der Waals surface area contributed by atoms with E-state index in [-0.39, 0.29) is 17.9 Å². The number of ether oxygens (including phenoxy) is 3. The largest absolute Gasteiger partial charge is 0.507 e. The normalized spacial score (nSPS) is 16.2. The Balaban J connectivity index is 1.77. The zero-order chi connectivity index (χ0) is 29.2. The van der Waals surface area contributed by atoms with E-state index < -0.39 is 17.7 Å². The Hall–Kier alpha value is -4.33. The van der Waals surface area contributed by atoms with E-state index in [4.69, 9.17) is 14.2 Å². The van der Waals surface area contributed by atoms with Gasteiger partial charge >= 0.3 is 0 Å². The van der Waals surface area contributed by atoms with Crippen molar-refractivity contribution in [1.29, 1.82) is 0 Å². The van der Waals surface area contributed by atoms with E-state index in [1.165, 1.54) is 4.90 Å². The second-order valence-corrected chi connectivity index (χ2v) is 9.86. The molecule has 0 saturated carbocycles. The van der Waals surface area contributed by atoms with E-state index in [1.807, 2.05) is 26.0 Å². The van der Waals surface area contributed by atoms with Gasteiger partial charge < -0.3 is 24.2 Å².